The zero-order chi connectivity index (χ0) is 13.5. The van der Waals surface area contributed by atoms with Crippen molar-refractivity contribution in [3.05, 3.63) is 0 Å². The van der Waals surface area contributed by atoms with Crippen LogP contribution in [0.4, 0.5) is 0 Å². The van der Waals surface area contributed by atoms with E-state index in [2.05, 4.69) is 49.9 Å². The van der Waals surface area contributed by atoms with Crippen LogP contribution >= 0.6 is 0 Å². The molecule has 18 heavy (non-hydrogen) atoms. The van der Waals surface area contributed by atoms with Crippen LogP contribution in [0, 0.1) is 5.92 Å². The van der Waals surface area contributed by atoms with Crippen LogP contribution in [0.15, 0.2) is 0 Å². The van der Waals surface area contributed by atoms with Crippen molar-refractivity contribution in [1.29, 1.82) is 0 Å². The highest BCUT2D eigenvalue weighted by atomic mass is 15.3. The monoisotopic (exact) mass is 255 g/mol. The van der Waals surface area contributed by atoms with Crippen molar-refractivity contribution in [2.75, 3.05) is 39.8 Å². The van der Waals surface area contributed by atoms with Gasteiger partial charge in [-0.25, -0.2) is 0 Å². The summed E-state index contributed by atoms with van der Waals surface area (Å²) in [4.78, 5) is 5.17. The lowest BCUT2D eigenvalue weighted by Gasteiger charge is -2.43. The molecule has 2 unspecified atom stereocenters. The Bertz CT molecular complexity index is 218. The van der Waals surface area contributed by atoms with Crippen LogP contribution in [-0.2, 0) is 0 Å². The average molecular weight is 255 g/mol. The molecule has 0 spiro atoms. The van der Waals surface area contributed by atoms with E-state index in [0.717, 1.165) is 25.0 Å². The summed E-state index contributed by atoms with van der Waals surface area (Å²) < 4.78 is 0. The molecule has 3 nitrogen and oxygen atoms in total. The summed E-state index contributed by atoms with van der Waals surface area (Å²) in [6.45, 7) is 15.2. The van der Waals surface area contributed by atoms with Crippen molar-refractivity contribution in [2.45, 2.75) is 52.6 Å². The standard InChI is InChI=1S/C15H33N3/c1-6-7-15(11-16-10-13(2)3)18-9-8-17(5)12-14(18)4/h13-16H,6-12H2,1-5H3. The number of likely N-dealkylation sites (N-methyl/N-ethyl adjacent to an activating group) is 1. The minimum absolute atomic E-state index is 0.696. The number of hydrogen-bond donors (Lipinski definition) is 1. The van der Waals surface area contributed by atoms with E-state index in [9.17, 15) is 0 Å². The van der Waals surface area contributed by atoms with Gasteiger partial charge >= 0.3 is 0 Å². The Hall–Kier alpha value is -0.120. The molecule has 1 saturated heterocycles. The molecule has 0 aromatic heterocycles. The number of rotatable bonds is 7. The first-order chi connectivity index (χ1) is 8.54. The molecule has 0 amide bonds. The summed E-state index contributed by atoms with van der Waals surface area (Å²) in [5.41, 5.74) is 0. The number of nitrogens with zero attached hydrogens (tertiary/aromatic N) is 2. The molecule has 2 atom stereocenters. The SMILES string of the molecule is CCCC(CNCC(C)C)N1CCN(C)CC1C. The third kappa shape index (κ3) is 5.25. The lowest BCUT2D eigenvalue weighted by Crippen LogP contribution is -2.56. The molecule has 0 aromatic carbocycles. The second-order valence-corrected chi connectivity index (χ2v) is 6.34. The summed E-state index contributed by atoms with van der Waals surface area (Å²) in [5.74, 6) is 0.747. The van der Waals surface area contributed by atoms with Gasteiger partial charge in [-0.05, 0) is 32.9 Å². The molecule has 1 N–H and O–H groups in total. The van der Waals surface area contributed by atoms with Crippen LogP contribution in [-0.4, -0.2) is 61.7 Å². The fourth-order valence-electron chi connectivity index (χ4n) is 2.95. The van der Waals surface area contributed by atoms with Gasteiger partial charge in [-0.15, -0.1) is 0 Å². The Balaban J connectivity index is 2.44. The largest absolute Gasteiger partial charge is 0.315 e. The second-order valence-electron chi connectivity index (χ2n) is 6.34. The highest BCUT2D eigenvalue weighted by Gasteiger charge is 2.27. The number of piperazine rings is 1. The third-order valence-electron chi connectivity index (χ3n) is 3.91. The molecule has 3 heteroatoms. The maximum absolute atomic E-state index is 3.64. The van der Waals surface area contributed by atoms with Crippen molar-refractivity contribution in [2.24, 2.45) is 5.92 Å². The summed E-state index contributed by atoms with van der Waals surface area (Å²) in [6, 6.07) is 1.42. The highest BCUT2D eigenvalue weighted by molar-refractivity contribution is 4.84. The molecule has 0 saturated carbocycles. The Kier molecular flexibility index (Phi) is 7.20. The minimum Gasteiger partial charge on any atom is -0.315 e. The van der Waals surface area contributed by atoms with Crippen LogP contribution in [0.1, 0.15) is 40.5 Å². The van der Waals surface area contributed by atoms with E-state index in [4.69, 9.17) is 0 Å². The maximum atomic E-state index is 3.64. The molecule has 108 valence electrons. The van der Waals surface area contributed by atoms with Gasteiger partial charge < -0.3 is 10.2 Å². The van der Waals surface area contributed by atoms with Crippen molar-refractivity contribution in [3.63, 3.8) is 0 Å². The molecular weight excluding hydrogens is 222 g/mol. The molecule has 0 aliphatic carbocycles. The summed E-state index contributed by atoms with van der Waals surface area (Å²) >= 11 is 0. The van der Waals surface area contributed by atoms with Gasteiger partial charge in [-0.2, -0.15) is 0 Å². The normalized spacial score (nSPS) is 24.7. The van der Waals surface area contributed by atoms with Gasteiger partial charge in [-0.3, -0.25) is 4.90 Å². The first kappa shape index (κ1) is 15.9. The van der Waals surface area contributed by atoms with Crippen LogP contribution in [0.5, 0.6) is 0 Å². The molecule has 1 aliphatic rings. The average Bonchev–Trinajstić information content (AvgIpc) is 2.28. The van der Waals surface area contributed by atoms with Gasteiger partial charge in [0.15, 0.2) is 0 Å². The van der Waals surface area contributed by atoms with Crippen LogP contribution in [0.2, 0.25) is 0 Å². The van der Waals surface area contributed by atoms with Gasteiger partial charge in [0.1, 0.15) is 0 Å². The lowest BCUT2D eigenvalue weighted by molar-refractivity contribution is 0.0567. The fraction of sp³-hybridized carbons (Fsp3) is 1.00. The molecule has 0 bridgehead atoms. The van der Waals surface area contributed by atoms with E-state index >= 15 is 0 Å². The Morgan fingerprint density at radius 3 is 2.50 bits per heavy atom. The summed E-state index contributed by atoms with van der Waals surface area (Å²) in [5, 5.41) is 3.64. The van der Waals surface area contributed by atoms with Gasteiger partial charge in [0.25, 0.3) is 0 Å². The fourth-order valence-corrected chi connectivity index (χ4v) is 2.95. The molecular formula is C15H33N3. The smallest absolute Gasteiger partial charge is 0.0224 e. The van der Waals surface area contributed by atoms with Crippen molar-refractivity contribution in [1.82, 2.24) is 15.1 Å². The molecule has 0 radical (unpaired) electrons. The van der Waals surface area contributed by atoms with E-state index in [-0.39, 0.29) is 0 Å². The van der Waals surface area contributed by atoms with Crippen molar-refractivity contribution < 1.29 is 0 Å². The predicted octanol–water partition coefficient (Wildman–Crippen LogP) is 2.04. The van der Waals surface area contributed by atoms with E-state index in [1.54, 1.807) is 0 Å². The van der Waals surface area contributed by atoms with E-state index in [1.807, 2.05) is 0 Å². The number of hydrogen-bond acceptors (Lipinski definition) is 3. The van der Waals surface area contributed by atoms with Gasteiger partial charge in [-0.1, -0.05) is 27.2 Å². The molecule has 1 heterocycles. The number of nitrogens with one attached hydrogen (secondary N) is 1. The lowest BCUT2D eigenvalue weighted by atomic mass is 10.1. The predicted molar refractivity (Wildman–Crippen MR) is 80.1 cm³/mol. The molecule has 1 rings (SSSR count). The Morgan fingerprint density at radius 2 is 1.94 bits per heavy atom. The van der Waals surface area contributed by atoms with Gasteiger partial charge in [0.2, 0.25) is 0 Å². The van der Waals surface area contributed by atoms with Crippen LogP contribution in [0.25, 0.3) is 0 Å². The zero-order valence-corrected chi connectivity index (χ0v) is 13.1. The van der Waals surface area contributed by atoms with Crippen molar-refractivity contribution in [3.8, 4) is 0 Å². The van der Waals surface area contributed by atoms with E-state index < -0.39 is 0 Å². The third-order valence-corrected chi connectivity index (χ3v) is 3.91. The minimum atomic E-state index is 0.696. The first-order valence-electron chi connectivity index (χ1n) is 7.69. The van der Waals surface area contributed by atoms with Crippen LogP contribution in [0.3, 0.4) is 0 Å². The quantitative estimate of drug-likeness (QED) is 0.751. The van der Waals surface area contributed by atoms with Gasteiger partial charge in [0, 0.05) is 38.3 Å². The van der Waals surface area contributed by atoms with E-state index in [0.29, 0.717) is 6.04 Å². The van der Waals surface area contributed by atoms with Gasteiger partial charge in [0.05, 0.1) is 0 Å². The molecule has 1 aliphatic heterocycles. The maximum Gasteiger partial charge on any atom is 0.0224 e. The van der Waals surface area contributed by atoms with Crippen LogP contribution < -0.4 is 5.32 Å². The van der Waals surface area contributed by atoms with E-state index in [1.165, 1.54) is 32.5 Å². The Morgan fingerprint density at radius 1 is 1.22 bits per heavy atom. The molecule has 1 fully saturated rings. The first-order valence-corrected chi connectivity index (χ1v) is 7.69. The topological polar surface area (TPSA) is 18.5 Å². The summed E-state index contributed by atoms with van der Waals surface area (Å²) in [7, 11) is 2.24. The highest BCUT2D eigenvalue weighted by Crippen LogP contribution is 2.15. The van der Waals surface area contributed by atoms with Crippen molar-refractivity contribution >= 4 is 0 Å². The zero-order valence-electron chi connectivity index (χ0n) is 13.1. The Labute approximate surface area is 114 Å². The summed E-state index contributed by atoms with van der Waals surface area (Å²) in [6.07, 6.45) is 2.60. The molecule has 0 aromatic rings. The second kappa shape index (κ2) is 8.13.